The van der Waals surface area contributed by atoms with Crippen molar-refractivity contribution in [3.05, 3.63) is 29.8 Å². The molecular weight excluding hydrogens is 254 g/mol. The summed E-state index contributed by atoms with van der Waals surface area (Å²) < 4.78 is 0. The maximum absolute atomic E-state index is 12.0. The Morgan fingerprint density at radius 2 is 2.40 bits per heavy atom. The van der Waals surface area contributed by atoms with Crippen LogP contribution in [0.5, 0.6) is 0 Å². The summed E-state index contributed by atoms with van der Waals surface area (Å²) in [5, 5.41) is 12.4. The molecule has 0 aliphatic carbocycles. The number of hydrogen-bond donors (Lipinski definition) is 3. The van der Waals surface area contributed by atoms with Gasteiger partial charge in [0.25, 0.3) is 0 Å². The van der Waals surface area contributed by atoms with Crippen molar-refractivity contribution in [1.29, 1.82) is 0 Å². The van der Waals surface area contributed by atoms with E-state index < -0.39 is 0 Å². The van der Waals surface area contributed by atoms with Gasteiger partial charge in [0.1, 0.15) is 0 Å². The molecule has 1 aromatic carbocycles. The third-order valence-corrected chi connectivity index (χ3v) is 3.80. The molecule has 1 saturated heterocycles. The topological polar surface area (TPSA) is 78.6 Å². The number of aliphatic hydroxyl groups is 1. The molecule has 1 aliphatic rings. The Bertz CT molecular complexity index is 462. The molecule has 0 spiro atoms. The van der Waals surface area contributed by atoms with Gasteiger partial charge in [-0.3, -0.25) is 9.69 Å². The smallest absolute Gasteiger partial charge is 0.238 e. The first-order valence-corrected chi connectivity index (χ1v) is 7.07. The van der Waals surface area contributed by atoms with E-state index in [1.165, 1.54) is 0 Å². The number of aliphatic hydroxyl groups excluding tert-OH is 1. The fraction of sp³-hybridized carbons (Fsp3) is 0.533. The minimum absolute atomic E-state index is 0.0228. The Hall–Kier alpha value is -1.43. The first-order valence-electron chi connectivity index (χ1n) is 7.07. The third-order valence-electron chi connectivity index (χ3n) is 3.80. The maximum Gasteiger partial charge on any atom is 0.238 e. The number of hydrogen-bond acceptors (Lipinski definition) is 4. The number of benzene rings is 1. The summed E-state index contributed by atoms with van der Waals surface area (Å²) in [5.41, 5.74) is 7.36. The zero-order valence-corrected chi connectivity index (χ0v) is 11.9. The van der Waals surface area contributed by atoms with Crippen molar-refractivity contribution in [2.75, 3.05) is 25.0 Å². The number of nitrogens with zero attached hydrogens (tertiary/aromatic N) is 1. The number of likely N-dealkylation sites (tertiary alicyclic amines) is 1. The number of carbonyl (C=O) groups is 1. The van der Waals surface area contributed by atoms with E-state index in [0.717, 1.165) is 30.8 Å². The Labute approximate surface area is 119 Å². The van der Waals surface area contributed by atoms with Gasteiger partial charge in [-0.15, -0.1) is 0 Å². The highest BCUT2D eigenvalue weighted by atomic mass is 16.3. The molecule has 2 rings (SSSR count). The van der Waals surface area contributed by atoms with Crippen molar-refractivity contribution in [3.8, 4) is 0 Å². The average Bonchev–Trinajstić information content (AvgIpc) is 2.87. The van der Waals surface area contributed by atoms with Crippen LogP contribution >= 0.6 is 0 Å². The summed E-state index contributed by atoms with van der Waals surface area (Å²) in [6.45, 7) is 4.30. The molecule has 2 atom stereocenters. The van der Waals surface area contributed by atoms with E-state index in [-0.39, 0.29) is 17.9 Å². The number of nitrogens with two attached hydrogens (primary N) is 1. The van der Waals surface area contributed by atoms with Crippen LogP contribution in [0.1, 0.15) is 18.9 Å². The van der Waals surface area contributed by atoms with Gasteiger partial charge in [-0.2, -0.15) is 0 Å². The van der Waals surface area contributed by atoms with Gasteiger partial charge in [0.2, 0.25) is 5.91 Å². The molecule has 4 N–H and O–H groups in total. The Morgan fingerprint density at radius 3 is 3.05 bits per heavy atom. The second-order valence-electron chi connectivity index (χ2n) is 5.48. The Morgan fingerprint density at radius 1 is 1.60 bits per heavy atom. The van der Waals surface area contributed by atoms with Gasteiger partial charge in [0.05, 0.1) is 12.6 Å². The molecular formula is C15H23N3O2. The van der Waals surface area contributed by atoms with Gasteiger partial charge in [0.15, 0.2) is 0 Å². The van der Waals surface area contributed by atoms with Gasteiger partial charge < -0.3 is 16.2 Å². The zero-order chi connectivity index (χ0) is 14.5. The molecule has 20 heavy (non-hydrogen) atoms. The first kappa shape index (κ1) is 15.0. The summed E-state index contributed by atoms with van der Waals surface area (Å²) in [7, 11) is 0. The summed E-state index contributed by atoms with van der Waals surface area (Å²) in [6.07, 6.45) is 0.650. The van der Waals surface area contributed by atoms with E-state index in [4.69, 9.17) is 5.73 Å². The molecule has 1 fully saturated rings. The van der Waals surface area contributed by atoms with Gasteiger partial charge in [-0.25, -0.2) is 0 Å². The van der Waals surface area contributed by atoms with Crippen molar-refractivity contribution >= 4 is 11.6 Å². The van der Waals surface area contributed by atoms with E-state index in [0.29, 0.717) is 13.1 Å². The van der Waals surface area contributed by atoms with Crippen molar-refractivity contribution in [3.63, 3.8) is 0 Å². The molecule has 1 amide bonds. The highest BCUT2D eigenvalue weighted by molar-refractivity contribution is 5.92. The van der Waals surface area contributed by atoms with Crippen LogP contribution in [0.4, 0.5) is 5.69 Å². The zero-order valence-electron chi connectivity index (χ0n) is 11.9. The van der Waals surface area contributed by atoms with Crippen LogP contribution in [-0.2, 0) is 11.3 Å². The van der Waals surface area contributed by atoms with Gasteiger partial charge in [0, 0.05) is 18.8 Å². The number of nitrogens with one attached hydrogen (secondary N) is 1. The highest BCUT2D eigenvalue weighted by Crippen LogP contribution is 2.19. The second kappa shape index (κ2) is 6.83. The van der Waals surface area contributed by atoms with Crippen molar-refractivity contribution in [2.45, 2.75) is 26.0 Å². The largest absolute Gasteiger partial charge is 0.393 e. The number of carbonyl (C=O) groups excluding carboxylic acids is 1. The molecule has 0 radical (unpaired) electrons. The monoisotopic (exact) mass is 277 g/mol. The third kappa shape index (κ3) is 4.03. The molecule has 110 valence electrons. The van der Waals surface area contributed by atoms with Crippen LogP contribution in [0.25, 0.3) is 0 Å². The number of rotatable bonds is 5. The lowest BCUT2D eigenvalue weighted by Crippen LogP contribution is -2.32. The van der Waals surface area contributed by atoms with E-state index in [9.17, 15) is 9.90 Å². The molecule has 1 aromatic rings. The van der Waals surface area contributed by atoms with Crippen molar-refractivity contribution < 1.29 is 9.90 Å². The lowest BCUT2D eigenvalue weighted by atomic mass is 10.0. The standard InChI is InChI=1S/C15H23N3O2/c1-11(19)13-5-6-18(9-13)10-15(20)17-14-4-2-3-12(7-14)8-16/h2-4,7,11,13,19H,5-6,8-10,16H2,1H3,(H,17,20). The molecule has 0 aromatic heterocycles. The maximum atomic E-state index is 12.0. The van der Waals surface area contributed by atoms with E-state index in [1.807, 2.05) is 31.2 Å². The molecule has 5 heteroatoms. The van der Waals surface area contributed by atoms with Crippen LogP contribution in [0, 0.1) is 5.92 Å². The molecule has 5 nitrogen and oxygen atoms in total. The van der Waals surface area contributed by atoms with Crippen LogP contribution < -0.4 is 11.1 Å². The second-order valence-corrected chi connectivity index (χ2v) is 5.48. The minimum Gasteiger partial charge on any atom is -0.393 e. The fourth-order valence-electron chi connectivity index (χ4n) is 2.58. The predicted octanol–water partition coefficient (Wildman–Crippen LogP) is 0.786. The number of anilines is 1. The van der Waals surface area contributed by atoms with Crippen LogP contribution in [0.2, 0.25) is 0 Å². The average molecular weight is 277 g/mol. The Balaban J connectivity index is 1.84. The summed E-state index contributed by atoms with van der Waals surface area (Å²) in [6, 6.07) is 7.57. The molecule has 1 aliphatic heterocycles. The van der Waals surface area contributed by atoms with Crippen molar-refractivity contribution in [1.82, 2.24) is 4.90 Å². The van der Waals surface area contributed by atoms with E-state index in [1.54, 1.807) is 0 Å². The molecule has 1 heterocycles. The lowest BCUT2D eigenvalue weighted by molar-refractivity contribution is -0.117. The van der Waals surface area contributed by atoms with Crippen LogP contribution in [0.3, 0.4) is 0 Å². The summed E-state index contributed by atoms with van der Waals surface area (Å²) in [4.78, 5) is 14.1. The minimum atomic E-state index is -0.302. The number of amides is 1. The van der Waals surface area contributed by atoms with Crippen molar-refractivity contribution in [2.24, 2.45) is 11.7 Å². The van der Waals surface area contributed by atoms with Gasteiger partial charge >= 0.3 is 0 Å². The molecule has 0 bridgehead atoms. The SMILES string of the molecule is CC(O)C1CCN(CC(=O)Nc2cccc(CN)c2)C1. The summed E-state index contributed by atoms with van der Waals surface area (Å²) in [5.74, 6) is 0.258. The predicted molar refractivity (Wildman–Crippen MR) is 79.2 cm³/mol. The van der Waals surface area contributed by atoms with E-state index in [2.05, 4.69) is 10.2 Å². The van der Waals surface area contributed by atoms with E-state index >= 15 is 0 Å². The highest BCUT2D eigenvalue weighted by Gasteiger charge is 2.26. The first-order chi connectivity index (χ1) is 9.58. The molecule has 0 saturated carbocycles. The fourth-order valence-corrected chi connectivity index (χ4v) is 2.58. The Kier molecular flexibility index (Phi) is 5.11. The normalized spacial score (nSPS) is 20.9. The van der Waals surface area contributed by atoms with Crippen LogP contribution in [0.15, 0.2) is 24.3 Å². The molecule has 2 unspecified atom stereocenters. The summed E-state index contributed by atoms with van der Waals surface area (Å²) >= 11 is 0. The van der Waals surface area contributed by atoms with Gasteiger partial charge in [-0.05, 0) is 43.5 Å². The quantitative estimate of drug-likeness (QED) is 0.743. The van der Waals surface area contributed by atoms with Gasteiger partial charge in [-0.1, -0.05) is 12.1 Å². The van der Waals surface area contributed by atoms with Crippen LogP contribution in [-0.4, -0.2) is 41.7 Å². The lowest BCUT2D eigenvalue weighted by Gasteiger charge is -2.17.